The van der Waals surface area contributed by atoms with E-state index in [4.69, 9.17) is 42.6 Å². The fraction of sp³-hybridized carbons (Fsp3) is 0.810. The monoisotopic (exact) mass is 1440 g/mol. The van der Waals surface area contributed by atoms with Gasteiger partial charge >= 0.3 is 5.97 Å². The lowest BCUT2D eigenvalue weighted by Gasteiger charge is -2.40. The van der Waals surface area contributed by atoms with Crippen LogP contribution in [0.2, 0.25) is 0 Å². The van der Waals surface area contributed by atoms with Crippen LogP contribution in [0.25, 0.3) is 0 Å². The lowest BCUT2D eigenvalue weighted by atomic mass is 9.99. The number of nitrogens with one attached hydrogen (secondary N) is 3. The van der Waals surface area contributed by atoms with E-state index in [1.807, 2.05) is 30.3 Å². The Hall–Kier alpha value is -4.96. The van der Waals surface area contributed by atoms with Crippen molar-refractivity contribution in [3.05, 3.63) is 35.9 Å². The summed E-state index contributed by atoms with van der Waals surface area (Å²) in [7, 11) is 0. The molecular weight excluding hydrogens is 1340 g/mol. The average molecular weight is 1440 g/mol. The van der Waals surface area contributed by atoms with Gasteiger partial charge in [-0.2, -0.15) is 0 Å². The third kappa shape index (κ3) is 28.2. The summed E-state index contributed by atoms with van der Waals surface area (Å²) >= 11 is 0. The van der Waals surface area contributed by atoms with Crippen molar-refractivity contribution in [1.29, 1.82) is 0 Å². The number of benzene rings is 1. The number of aliphatic hydroxyl groups is 16. The van der Waals surface area contributed by atoms with Crippen molar-refractivity contribution in [2.45, 2.75) is 206 Å². The molecule has 0 bridgehead atoms. The molecule has 100 heavy (non-hydrogen) atoms. The van der Waals surface area contributed by atoms with E-state index in [9.17, 15) is 110 Å². The molecule has 0 aromatic heterocycles. The molecule has 2 unspecified atom stereocenters. The van der Waals surface area contributed by atoms with Crippen LogP contribution >= 0.6 is 0 Å². The van der Waals surface area contributed by atoms with Gasteiger partial charge in [0.05, 0.1) is 72.5 Å². The third-order valence-electron chi connectivity index (χ3n) is 17.2. The predicted molar refractivity (Wildman–Crippen MR) is 339 cm³/mol. The van der Waals surface area contributed by atoms with Crippen molar-refractivity contribution < 1.29 is 153 Å². The van der Waals surface area contributed by atoms with E-state index in [1.165, 1.54) is 14.7 Å². The summed E-state index contributed by atoms with van der Waals surface area (Å²) in [6.07, 6.45) is -27.3. The Bertz CT molecular complexity index is 2310. The number of esters is 1. The summed E-state index contributed by atoms with van der Waals surface area (Å²) in [6.45, 7) is -5.00. The summed E-state index contributed by atoms with van der Waals surface area (Å²) in [5.74, 6) is -2.73. The van der Waals surface area contributed by atoms with E-state index >= 15 is 0 Å². The van der Waals surface area contributed by atoms with Crippen LogP contribution in [0.4, 0.5) is 0 Å². The molecule has 37 nitrogen and oxygen atoms in total. The van der Waals surface area contributed by atoms with Crippen LogP contribution in [0.3, 0.4) is 0 Å². The number of aliphatic hydroxyl groups excluding tert-OH is 16. The van der Waals surface area contributed by atoms with Gasteiger partial charge in [-0.25, -0.2) is 0 Å². The van der Waals surface area contributed by atoms with Gasteiger partial charge in [0.2, 0.25) is 29.5 Å². The van der Waals surface area contributed by atoms with Gasteiger partial charge in [0.25, 0.3) is 0 Å². The Morgan fingerprint density at radius 1 is 0.370 bits per heavy atom. The first-order valence-corrected chi connectivity index (χ1v) is 33.9. The number of ether oxygens (including phenoxy) is 9. The summed E-state index contributed by atoms with van der Waals surface area (Å²) in [6, 6.07) is 9.22. The van der Waals surface area contributed by atoms with Crippen molar-refractivity contribution in [1.82, 2.24) is 30.7 Å². The average Bonchev–Trinajstić information content (AvgIpc) is 0.842. The fourth-order valence-corrected chi connectivity index (χ4v) is 11.1. The zero-order chi connectivity index (χ0) is 73.3. The number of hydrogen-bond donors (Lipinski definition) is 19. The van der Waals surface area contributed by atoms with E-state index < -0.39 is 179 Å². The molecule has 0 saturated carbocycles. The van der Waals surface area contributed by atoms with Crippen LogP contribution in [-0.4, -0.2) is 373 Å². The number of nitrogens with zero attached hydrogens (tertiary/aromatic N) is 3. The highest BCUT2D eigenvalue weighted by molar-refractivity contribution is 5.84. The number of unbranched alkanes of at least 4 members (excludes halogenated alkanes) is 6. The van der Waals surface area contributed by atoms with Gasteiger partial charge in [0.1, 0.15) is 104 Å². The predicted octanol–water partition coefficient (Wildman–Crippen LogP) is -9.02. The van der Waals surface area contributed by atoms with E-state index in [1.54, 1.807) is 0 Å². The molecule has 4 heterocycles. The molecular formula is C63H106N6O31. The molecule has 574 valence electrons. The largest absolute Gasteiger partial charge is 0.461 e. The van der Waals surface area contributed by atoms with Gasteiger partial charge in [-0.15, -0.1) is 0 Å². The smallest absolute Gasteiger partial charge is 0.306 e. The third-order valence-corrected chi connectivity index (χ3v) is 17.2. The van der Waals surface area contributed by atoms with Gasteiger partial charge in [-0.1, -0.05) is 49.6 Å². The molecule has 0 spiro atoms. The highest BCUT2D eigenvalue weighted by Crippen LogP contribution is 2.26. The van der Waals surface area contributed by atoms with Crippen molar-refractivity contribution in [3.63, 3.8) is 0 Å². The Kier molecular flexibility index (Phi) is 39.4. The molecule has 37 heteroatoms. The number of rotatable bonds is 46. The number of amides is 5. The molecule has 0 aliphatic carbocycles. The molecule has 1 aromatic carbocycles. The van der Waals surface area contributed by atoms with Crippen molar-refractivity contribution >= 4 is 35.5 Å². The summed E-state index contributed by atoms with van der Waals surface area (Å²) in [5, 5.41) is 170. The second kappa shape index (κ2) is 46.0. The normalized spacial score (nSPS) is 30.0. The van der Waals surface area contributed by atoms with E-state index in [-0.39, 0.29) is 124 Å². The molecule has 4 aliphatic rings. The minimum atomic E-state index is -1.72. The molecule has 4 saturated heterocycles. The van der Waals surface area contributed by atoms with E-state index in [0.717, 1.165) is 5.56 Å². The zero-order valence-electron chi connectivity index (χ0n) is 56.0. The SMILES string of the molecule is O=C(CN(CC(=O)NCCCCCC(=O)N(CCOC1O[C@H](CO)[C@@H](O)[C@H](O)[C@@H]1O)CCO[C@H]1O[C@H](CO)[C@@H](O)[C@H](O)[C@@H]1O)CC(=O)NCCCCCC(=O)N(CCOC1O[C@H](CO)[C@@H](O)[C@H](O)[C@@H]1O)CCO[C@H]1O[C@H](CO)[C@@H](O)[C@H](O)[C@@H]1O)NCCCCCC(=O)OCc1ccccc1. The zero-order valence-corrected chi connectivity index (χ0v) is 56.0. The fourth-order valence-electron chi connectivity index (χ4n) is 11.1. The van der Waals surface area contributed by atoms with Crippen molar-refractivity contribution in [3.8, 4) is 0 Å². The van der Waals surface area contributed by atoms with E-state index in [0.29, 0.717) is 57.8 Å². The van der Waals surface area contributed by atoms with Crippen LogP contribution in [0.1, 0.15) is 82.6 Å². The standard InChI is InChI=1S/C63H106N6O31/c70-32-38-48(80)52(84)56(88)60(97-38)92-25-21-68(22-26-93-61-57(89)53(85)49(81)39(33-71)98-61)45(77)15-7-2-10-18-64-42(74)29-67(31-44(76)66-20-12-4-9-17-47(79)96-36-37-13-5-1-6-14-37)30-43(75)65-19-11-3-8-16-46(78)69(23-27-94-62-58(90)54(86)50(82)40(34-72)99-62)24-28-95-63-59(91)55(87)51(83)41(35-73)100-63/h1,5-6,13-14,38-41,48-63,70-73,80-91H,2-4,7-12,15-36H2,(H,64,74)(H,65,75)(H,66,76)/t38-,39-,40-,41-,48-,49-,50-,51-,52+,53+,54+,55+,56+,57+,58+,59+,60+,61?,62+,63?/m1/s1. The second-order valence-corrected chi connectivity index (χ2v) is 24.8. The Morgan fingerprint density at radius 2 is 0.660 bits per heavy atom. The van der Waals surface area contributed by atoms with Crippen molar-refractivity contribution in [2.24, 2.45) is 0 Å². The Labute approximate surface area is 578 Å². The number of hydrogen-bond acceptors (Lipinski definition) is 32. The Morgan fingerprint density at radius 3 is 0.950 bits per heavy atom. The molecule has 5 amide bonds. The van der Waals surface area contributed by atoms with E-state index in [2.05, 4.69) is 16.0 Å². The maximum Gasteiger partial charge on any atom is 0.306 e. The highest BCUT2D eigenvalue weighted by atomic mass is 16.7. The number of carbonyl (C=O) groups is 6. The van der Waals surface area contributed by atoms with Gasteiger partial charge in [-0.05, 0) is 44.1 Å². The van der Waals surface area contributed by atoms with Gasteiger partial charge < -0.3 is 150 Å². The molecule has 4 aliphatic heterocycles. The minimum absolute atomic E-state index is 0.0330. The molecule has 19 N–H and O–H groups in total. The second-order valence-electron chi connectivity index (χ2n) is 24.8. The molecule has 5 rings (SSSR count). The minimum Gasteiger partial charge on any atom is -0.461 e. The summed E-state index contributed by atoms with van der Waals surface area (Å²) in [5.41, 5.74) is 0.855. The quantitative estimate of drug-likeness (QED) is 0.0213. The molecule has 0 radical (unpaired) electrons. The highest BCUT2D eigenvalue weighted by Gasteiger charge is 2.48. The van der Waals surface area contributed by atoms with Crippen LogP contribution in [0.5, 0.6) is 0 Å². The first-order chi connectivity index (χ1) is 47.9. The number of carbonyl (C=O) groups excluding carboxylic acids is 6. The van der Waals surface area contributed by atoms with Gasteiger partial charge in [0, 0.05) is 65.1 Å². The lowest BCUT2D eigenvalue weighted by molar-refractivity contribution is -0.303. The van der Waals surface area contributed by atoms with Gasteiger partial charge in [0.15, 0.2) is 25.2 Å². The summed E-state index contributed by atoms with van der Waals surface area (Å²) in [4.78, 5) is 83.6. The van der Waals surface area contributed by atoms with Crippen molar-refractivity contribution in [2.75, 3.05) is 118 Å². The molecule has 1 aromatic rings. The van der Waals surface area contributed by atoms with Crippen LogP contribution in [0.15, 0.2) is 30.3 Å². The molecule has 4 fully saturated rings. The molecule has 20 atom stereocenters. The van der Waals surface area contributed by atoms with Gasteiger partial charge in [-0.3, -0.25) is 33.7 Å². The first-order valence-electron chi connectivity index (χ1n) is 33.9. The topological polar surface area (TPSA) is 555 Å². The van der Waals surface area contributed by atoms with Crippen LogP contribution in [0, 0.1) is 0 Å². The maximum absolute atomic E-state index is 13.6. The van der Waals surface area contributed by atoms with Crippen LogP contribution in [-0.2, 0) is 78.0 Å². The maximum atomic E-state index is 13.6. The van der Waals surface area contributed by atoms with Crippen LogP contribution < -0.4 is 16.0 Å². The summed E-state index contributed by atoms with van der Waals surface area (Å²) < 4.78 is 49.3. The Balaban J connectivity index is 1.10. The lowest BCUT2D eigenvalue weighted by Crippen LogP contribution is -2.59. The first kappa shape index (κ1) is 85.7.